The average Bonchev–Trinajstić information content (AvgIpc) is 2.90. The number of aliphatic hydroxyl groups is 1. The van der Waals surface area contributed by atoms with Crippen LogP contribution >= 0.6 is 0 Å². The lowest BCUT2D eigenvalue weighted by Crippen LogP contribution is -2.46. The van der Waals surface area contributed by atoms with E-state index < -0.39 is 24.2 Å². The molecule has 2 aromatic carbocycles. The molecule has 6 nitrogen and oxygen atoms in total. The fourth-order valence-electron chi connectivity index (χ4n) is 5.79. The molecule has 0 bridgehead atoms. The van der Waals surface area contributed by atoms with Crippen molar-refractivity contribution >= 4 is 22.6 Å². The highest BCUT2D eigenvalue weighted by Crippen LogP contribution is 2.36. The van der Waals surface area contributed by atoms with E-state index in [0.717, 1.165) is 12.8 Å². The maximum absolute atomic E-state index is 12.8. The Hall–Kier alpha value is -2.96. The number of esters is 1. The zero-order chi connectivity index (χ0) is 27.3. The Bertz CT molecular complexity index is 1190. The lowest BCUT2D eigenvalue weighted by Gasteiger charge is -2.36. The summed E-state index contributed by atoms with van der Waals surface area (Å²) in [5.41, 5.74) is 1.18. The molecule has 0 aromatic heterocycles. The molecule has 3 N–H and O–H groups in total. The third-order valence-electron chi connectivity index (χ3n) is 7.67. The van der Waals surface area contributed by atoms with Gasteiger partial charge in [0.15, 0.2) is 6.04 Å². The van der Waals surface area contributed by atoms with Crippen molar-refractivity contribution in [1.29, 1.82) is 0 Å². The van der Waals surface area contributed by atoms with Gasteiger partial charge in [-0.2, -0.15) is 0 Å². The summed E-state index contributed by atoms with van der Waals surface area (Å²) >= 11 is 0. The standard InChI is InChI=1S/C32H42N2O4/c1-21(27-14-8-10-23-9-5-6-13-28(23)27)33-26-12-7-11-25(19-26)22-15-17-24(18-16-22)30(36)34-29(20-35)31(37)38-32(2,3)4/h5-6,8-10,13-15,17-18,21-22,25-26,29,33,35H,7,11-12,16,19-20H2,1-4H3,(H,34,36)/t21-,22?,25+,26+,29+/m1/s1. The zero-order valence-corrected chi connectivity index (χ0v) is 23.1. The Morgan fingerprint density at radius 1 is 1.11 bits per heavy atom. The highest BCUT2D eigenvalue weighted by Gasteiger charge is 2.30. The normalized spacial score (nSPS) is 23.4. The molecule has 2 aliphatic rings. The Morgan fingerprint density at radius 2 is 1.87 bits per heavy atom. The van der Waals surface area contributed by atoms with E-state index in [-0.39, 0.29) is 11.9 Å². The van der Waals surface area contributed by atoms with E-state index in [1.54, 1.807) is 20.8 Å². The summed E-state index contributed by atoms with van der Waals surface area (Å²) in [6.45, 7) is 7.01. The quantitative estimate of drug-likeness (QED) is 0.409. The largest absolute Gasteiger partial charge is 0.458 e. The van der Waals surface area contributed by atoms with E-state index in [2.05, 4.69) is 66.1 Å². The summed E-state index contributed by atoms with van der Waals surface area (Å²) in [5.74, 6) is -0.0460. The topological polar surface area (TPSA) is 87.7 Å². The second-order valence-corrected chi connectivity index (χ2v) is 11.7. The summed E-state index contributed by atoms with van der Waals surface area (Å²) in [5, 5.41) is 18.7. The van der Waals surface area contributed by atoms with Crippen molar-refractivity contribution in [1.82, 2.24) is 10.6 Å². The minimum absolute atomic E-state index is 0.270. The van der Waals surface area contributed by atoms with Crippen molar-refractivity contribution in [3.05, 3.63) is 71.8 Å². The van der Waals surface area contributed by atoms with Crippen molar-refractivity contribution in [2.45, 2.75) is 83.5 Å². The van der Waals surface area contributed by atoms with Crippen LogP contribution in [0, 0.1) is 11.8 Å². The first kappa shape index (κ1) is 28.1. The maximum Gasteiger partial charge on any atom is 0.331 e. The molecule has 0 radical (unpaired) electrons. The molecule has 1 saturated carbocycles. The van der Waals surface area contributed by atoms with E-state index in [4.69, 9.17) is 4.74 Å². The van der Waals surface area contributed by atoms with Crippen molar-refractivity contribution in [2.24, 2.45) is 11.8 Å². The predicted octanol–water partition coefficient (Wildman–Crippen LogP) is 5.37. The number of carbonyl (C=O) groups is 2. The van der Waals surface area contributed by atoms with Gasteiger partial charge in [-0.05, 0) is 81.5 Å². The van der Waals surface area contributed by atoms with Crippen LogP contribution in [0.15, 0.2) is 66.3 Å². The highest BCUT2D eigenvalue weighted by molar-refractivity contribution is 5.98. The third kappa shape index (κ3) is 7.12. The summed E-state index contributed by atoms with van der Waals surface area (Å²) in [7, 11) is 0. The minimum Gasteiger partial charge on any atom is -0.458 e. The Kier molecular flexibility index (Phi) is 9.06. The molecular weight excluding hydrogens is 476 g/mol. The van der Waals surface area contributed by atoms with E-state index in [0.29, 0.717) is 23.5 Å². The van der Waals surface area contributed by atoms with Gasteiger partial charge in [0, 0.05) is 17.7 Å². The van der Waals surface area contributed by atoms with Crippen molar-refractivity contribution < 1.29 is 19.4 Å². The van der Waals surface area contributed by atoms with Gasteiger partial charge < -0.3 is 20.5 Å². The fourth-order valence-corrected chi connectivity index (χ4v) is 5.79. The number of carbonyl (C=O) groups excluding carboxylic acids is 2. The lowest BCUT2D eigenvalue weighted by atomic mass is 9.74. The van der Waals surface area contributed by atoms with Gasteiger partial charge in [0.05, 0.1) is 6.61 Å². The van der Waals surface area contributed by atoms with Crippen molar-refractivity contribution in [2.75, 3.05) is 6.61 Å². The van der Waals surface area contributed by atoms with Crippen LogP contribution in [0.1, 0.15) is 71.4 Å². The number of ether oxygens (including phenoxy) is 1. The molecule has 4 rings (SSSR count). The van der Waals surface area contributed by atoms with Crippen LogP contribution in [0.2, 0.25) is 0 Å². The molecule has 2 aromatic rings. The van der Waals surface area contributed by atoms with Gasteiger partial charge in [-0.25, -0.2) is 4.79 Å². The van der Waals surface area contributed by atoms with E-state index >= 15 is 0 Å². The summed E-state index contributed by atoms with van der Waals surface area (Å²) in [4.78, 5) is 25.1. The van der Waals surface area contributed by atoms with Gasteiger partial charge in [-0.1, -0.05) is 67.1 Å². The Morgan fingerprint density at radius 3 is 2.58 bits per heavy atom. The number of aliphatic hydroxyl groups excluding tert-OH is 1. The van der Waals surface area contributed by atoms with Gasteiger partial charge in [0.1, 0.15) is 5.60 Å². The van der Waals surface area contributed by atoms with Crippen LogP contribution in [0.3, 0.4) is 0 Å². The third-order valence-corrected chi connectivity index (χ3v) is 7.67. The van der Waals surface area contributed by atoms with Crippen LogP contribution in [0.4, 0.5) is 0 Å². The number of rotatable bonds is 8. The van der Waals surface area contributed by atoms with Crippen LogP contribution < -0.4 is 10.6 Å². The molecule has 2 aliphatic carbocycles. The second kappa shape index (κ2) is 12.3. The second-order valence-electron chi connectivity index (χ2n) is 11.7. The Labute approximate surface area is 226 Å². The van der Waals surface area contributed by atoms with Crippen LogP contribution in [0.25, 0.3) is 10.8 Å². The molecule has 0 saturated heterocycles. The molecule has 0 heterocycles. The van der Waals surface area contributed by atoms with Crippen LogP contribution in [-0.2, 0) is 14.3 Å². The number of fused-ring (bicyclic) bond motifs is 1. The van der Waals surface area contributed by atoms with Crippen LogP contribution in [-0.4, -0.2) is 41.3 Å². The van der Waals surface area contributed by atoms with E-state index in [1.807, 2.05) is 12.2 Å². The van der Waals surface area contributed by atoms with Gasteiger partial charge in [-0.3, -0.25) is 4.79 Å². The Balaban J connectivity index is 1.31. The summed E-state index contributed by atoms with van der Waals surface area (Å²) in [6.07, 6.45) is 11.4. The van der Waals surface area contributed by atoms with Gasteiger partial charge in [0.25, 0.3) is 5.91 Å². The van der Waals surface area contributed by atoms with Crippen molar-refractivity contribution in [3.8, 4) is 0 Å². The molecule has 204 valence electrons. The monoisotopic (exact) mass is 518 g/mol. The fraction of sp³-hybridized carbons (Fsp3) is 0.500. The molecule has 38 heavy (non-hydrogen) atoms. The average molecular weight is 519 g/mol. The first-order valence-corrected chi connectivity index (χ1v) is 13.9. The van der Waals surface area contributed by atoms with Gasteiger partial charge in [-0.15, -0.1) is 0 Å². The van der Waals surface area contributed by atoms with Gasteiger partial charge in [0.2, 0.25) is 0 Å². The molecule has 0 aliphatic heterocycles. The lowest BCUT2D eigenvalue weighted by molar-refractivity contribution is -0.159. The summed E-state index contributed by atoms with van der Waals surface area (Å²) < 4.78 is 5.30. The molecule has 0 spiro atoms. The minimum atomic E-state index is -1.08. The van der Waals surface area contributed by atoms with Crippen molar-refractivity contribution in [3.63, 3.8) is 0 Å². The SMILES string of the molecule is C[C@@H](N[C@H]1CCC[C@H](C2C=CC(C(=O)N[C@@H](CO)C(=O)OC(C)(C)C)=CC2)C1)c1cccc2ccccc12. The molecule has 6 heteroatoms. The zero-order valence-electron chi connectivity index (χ0n) is 23.1. The predicted molar refractivity (Wildman–Crippen MR) is 151 cm³/mol. The van der Waals surface area contributed by atoms with E-state index in [9.17, 15) is 14.7 Å². The maximum atomic E-state index is 12.8. The highest BCUT2D eigenvalue weighted by atomic mass is 16.6. The summed E-state index contributed by atoms with van der Waals surface area (Å²) in [6, 6.07) is 14.8. The number of hydrogen-bond donors (Lipinski definition) is 3. The molecule has 1 fully saturated rings. The molecule has 5 atom stereocenters. The van der Waals surface area contributed by atoms with E-state index in [1.165, 1.54) is 35.6 Å². The number of nitrogens with one attached hydrogen (secondary N) is 2. The molecule has 1 unspecified atom stereocenters. The first-order valence-electron chi connectivity index (χ1n) is 13.9. The number of hydrogen-bond acceptors (Lipinski definition) is 5. The van der Waals surface area contributed by atoms with Crippen LogP contribution in [0.5, 0.6) is 0 Å². The number of amides is 1. The first-order chi connectivity index (χ1) is 18.1. The number of allylic oxidation sites excluding steroid dienone is 2. The van der Waals surface area contributed by atoms with Gasteiger partial charge >= 0.3 is 5.97 Å². The molecular formula is C32H42N2O4. The number of benzene rings is 2. The smallest absolute Gasteiger partial charge is 0.331 e. The molecule has 1 amide bonds.